The molecule has 1 aliphatic rings. The summed E-state index contributed by atoms with van der Waals surface area (Å²) in [6.45, 7) is 5.19. The lowest BCUT2D eigenvalue weighted by Gasteiger charge is -2.21. The van der Waals surface area contributed by atoms with Crippen molar-refractivity contribution in [2.45, 2.75) is 37.9 Å². The standard InChI is InChI=1S/C11H23N3S.HI/c1-10(15-2)9-13-11(12)14-7-5-3-4-6-8-14;/h10H,3-9H2,1-2H3,(H2,12,13);1H. The van der Waals surface area contributed by atoms with Gasteiger partial charge in [-0.15, -0.1) is 24.0 Å². The maximum Gasteiger partial charge on any atom is 0.191 e. The maximum absolute atomic E-state index is 5.99. The second kappa shape index (κ2) is 9.39. The minimum atomic E-state index is 0. The van der Waals surface area contributed by atoms with E-state index in [-0.39, 0.29) is 24.0 Å². The summed E-state index contributed by atoms with van der Waals surface area (Å²) >= 11 is 1.84. The molecule has 0 bridgehead atoms. The highest BCUT2D eigenvalue weighted by Crippen LogP contribution is 2.10. The fraction of sp³-hybridized carbons (Fsp3) is 0.909. The first-order valence-electron chi connectivity index (χ1n) is 5.81. The monoisotopic (exact) mass is 357 g/mol. The number of aliphatic imine (C=N–C) groups is 1. The molecule has 2 N–H and O–H groups in total. The molecule has 0 spiro atoms. The molecule has 1 saturated heterocycles. The van der Waals surface area contributed by atoms with Gasteiger partial charge in [-0.2, -0.15) is 11.8 Å². The lowest BCUT2D eigenvalue weighted by molar-refractivity contribution is 0.428. The maximum atomic E-state index is 5.99. The number of likely N-dealkylation sites (tertiary alicyclic amines) is 1. The van der Waals surface area contributed by atoms with Crippen molar-refractivity contribution in [3.05, 3.63) is 0 Å². The highest BCUT2D eigenvalue weighted by molar-refractivity contribution is 14.0. The number of thioether (sulfide) groups is 1. The van der Waals surface area contributed by atoms with E-state index in [1.54, 1.807) is 0 Å². The van der Waals surface area contributed by atoms with Gasteiger partial charge >= 0.3 is 0 Å². The molecule has 0 aromatic rings. The zero-order chi connectivity index (χ0) is 11.1. The highest BCUT2D eigenvalue weighted by Gasteiger charge is 2.10. The van der Waals surface area contributed by atoms with Gasteiger partial charge in [-0.3, -0.25) is 4.99 Å². The van der Waals surface area contributed by atoms with E-state index >= 15 is 0 Å². The van der Waals surface area contributed by atoms with Crippen molar-refractivity contribution in [3.8, 4) is 0 Å². The van der Waals surface area contributed by atoms with Crippen molar-refractivity contribution in [1.82, 2.24) is 4.90 Å². The van der Waals surface area contributed by atoms with E-state index in [1.807, 2.05) is 11.8 Å². The molecule has 1 unspecified atom stereocenters. The lowest BCUT2D eigenvalue weighted by atomic mass is 10.2. The van der Waals surface area contributed by atoms with E-state index in [9.17, 15) is 0 Å². The SMILES string of the molecule is CSC(C)CN=C(N)N1CCCCCC1.I. The Morgan fingerprint density at radius 2 is 1.88 bits per heavy atom. The Morgan fingerprint density at radius 3 is 2.38 bits per heavy atom. The van der Waals surface area contributed by atoms with Crippen LogP contribution in [0.15, 0.2) is 4.99 Å². The van der Waals surface area contributed by atoms with Gasteiger partial charge in [0.1, 0.15) is 0 Å². The Morgan fingerprint density at radius 1 is 1.31 bits per heavy atom. The molecular weight excluding hydrogens is 333 g/mol. The van der Waals surface area contributed by atoms with E-state index in [2.05, 4.69) is 23.1 Å². The summed E-state index contributed by atoms with van der Waals surface area (Å²) < 4.78 is 0. The minimum Gasteiger partial charge on any atom is -0.370 e. The van der Waals surface area contributed by atoms with Crippen molar-refractivity contribution < 1.29 is 0 Å². The third-order valence-corrected chi connectivity index (χ3v) is 3.80. The quantitative estimate of drug-likeness (QED) is 0.480. The predicted octanol–water partition coefficient (Wildman–Crippen LogP) is 2.55. The summed E-state index contributed by atoms with van der Waals surface area (Å²) in [5.74, 6) is 0.748. The molecule has 0 amide bonds. The molecule has 0 radical (unpaired) electrons. The van der Waals surface area contributed by atoms with Gasteiger partial charge in [0.05, 0.1) is 6.54 Å². The molecule has 16 heavy (non-hydrogen) atoms. The number of nitrogens with two attached hydrogens (primary N) is 1. The van der Waals surface area contributed by atoms with Crippen LogP contribution in [0.5, 0.6) is 0 Å². The van der Waals surface area contributed by atoms with Crippen LogP contribution in [0.2, 0.25) is 0 Å². The molecule has 1 fully saturated rings. The van der Waals surface area contributed by atoms with Crippen molar-refractivity contribution in [1.29, 1.82) is 0 Å². The van der Waals surface area contributed by atoms with Gasteiger partial charge < -0.3 is 10.6 Å². The Labute approximate surface area is 121 Å². The molecule has 1 aliphatic heterocycles. The predicted molar refractivity (Wildman–Crippen MR) is 84.9 cm³/mol. The first kappa shape index (κ1) is 16.4. The van der Waals surface area contributed by atoms with Gasteiger partial charge in [-0.05, 0) is 19.1 Å². The number of hydrogen-bond donors (Lipinski definition) is 1. The number of halogens is 1. The zero-order valence-electron chi connectivity index (χ0n) is 10.3. The molecule has 3 nitrogen and oxygen atoms in total. The van der Waals surface area contributed by atoms with Crippen LogP contribution < -0.4 is 5.73 Å². The van der Waals surface area contributed by atoms with Gasteiger partial charge in [-0.25, -0.2) is 0 Å². The largest absolute Gasteiger partial charge is 0.370 e. The topological polar surface area (TPSA) is 41.6 Å². The van der Waals surface area contributed by atoms with Crippen LogP contribution in [0.25, 0.3) is 0 Å². The summed E-state index contributed by atoms with van der Waals surface area (Å²) in [7, 11) is 0. The van der Waals surface area contributed by atoms with Crippen molar-refractivity contribution >= 4 is 41.7 Å². The van der Waals surface area contributed by atoms with E-state index in [1.165, 1.54) is 25.7 Å². The summed E-state index contributed by atoms with van der Waals surface area (Å²) in [5.41, 5.74) is 5.99. The minimum absolute atomic E-state index is 0. The fourth-order valence-corrected chi connectivity index (χ4v) is 1.92. The van der Waals surface area contributed by atoms with Gasteiger partial charge in [0.2, 0.25) is 0 Å². The van der Waals surface area contributed by atoms with Crippen LogP contribution in [-0.2, 0) is 0 Å². The molecule has 0 aliphatic carbocycles. The Bertz CT molecular complexity index is 203. The number of guanidine groups is 1. The smallest absolute Gasteiger partial charge is 0.191 e. The summed E-state index contributed by atoms with van der Waals surface area (Å²) in [6, 6.07) is 0. The van der Waals surface area contributed by atoms with Crippen molar-refractivity contribution in [3.63, 3.8) is 0 Å². The van der Waals surface area contributed by atoms with Gasteiger partial charge in [0, 0.05) is 18.3 Å². The molecule has 96 valence electrons. The summed E-state index contributed by atoms with van der Waals surface area (Å²) in [4.78, 5) is 6.70. The molecule has 0 saturated carbocycles. The molecule has 1 heterocycles. The third-order valence-electron chi connectivity index (χ3n) is 2.84. The van der Waals surface area contributed by atoms with Gasteiger partial charge in [-0.1, -0.05) is 19.8 Å². The van der Waals surface area contributed by atoms with Crippen LogP contribution in [0.3, 0.4) is 0 Å². The zero-order valence-corrected chi connectivity index (χ0v) is 13.5. The van der Waals surface area contributed by atoms with Crippen LogP contribution in [0.1, 0.15) is 32.6 Å². The highest BCUT2D eigenvalue weighted by atomic mass is 127. The molecule has 5 heteroatoms. The van der Waals surface area contributed by atoms with Crippen LogP contribution in [0, 0.1) is 0 Å². The van der Waals surface area contributed by atoms with E-state index in [4.69, 9.17) is 5.73 Å². The number of hydrogen-bond acceptors (Lipinski definition) is 2. The van der Waals surface area contributed by atoms with E-state index in [0.29, 0.717) is 5.25 Å². The van der Waals surface area contributed by atoms with Gasteiger partial charge in [0.15, 0.2) is 5.96 Å². The van der Waals surface area contributed by atoms with Crippen LogP contribution in [-0.4, -0.2) is 42.0 Å². The fourth-order valence-electron chi connectivity index (χ4n) is 1.70. The number of nitrogens with zero attached hydrogens (tertiary/aromatic N) is 2. The first-order chi connectivity index (χ1) is 7.24. The van der Waals surface area contributed by atoms with Crippen molar-refractivity contribution in [2.75, 3.05) is 25.9 Å². The Balaban J connectivity index is 0.00000225. The van der Waals surface area contributed by atoms with Gasteiger partial charge in [0.25, 0.3) is 0 Å². The van der Waals surface area contributed by atoms with E-state index < -0.39 is 0 Å². The third kappa shape index (κ3) is 6.18. The average Bonchev–Trinajstić information content (AvgIpc) is 2.53. The normalized spacial score (nSPS) is 19.9. The Hall–Kier alpha value is 0.350. The Kier molecular flexibility index (Phi) is 9.59. The van der Waals surface area contributed by atoms with Crippen LogP contribution in [0.4, 0.5) is 0 Å². The lowest BCUT2D eigenvalue weighted by Crippen LogP contribution is -2.38. The summed E-state index contributed by atoms with van der Waals surface area (Å²) in [6.07, 6.45) is 7.31. The summed E-state index contributed by atoms with van der Waals surface area (Å²) in [5, 5.41) is 0.565. The molecule has 0 aromatic carbocycles. The molecular formula is C11H24IN3S. The number of rotatable bonds is 3. The van der Waals surface area contributed by atoms with E-state index in [0.717, 1.165) is 25.6 Å². The molecule has 0 aromatic heterocycles. The van der Waals surface area contributed by atoms with Crippen LogP contribution >= 0.6 is 35.7 Å². The first-order valence-corrected chi connectivity index (χ1v) is 7.10. The molecule has 1 rings (SSSR count). The second-order valence-electron chi connectivity index (χ2n) is 4.15. The average molecular weight is 357 g/mol. The second-order valence-corrected chi connectivity index (χ2v) is 5.42. The molecule has 1 atom stereocenters. The van der Waals surface area contributed by atoms with Crippen molar-refractivity contribution in [2.24, 2.45) is 10.7 Å².